The third-order valence-corrected chi connectivity index (χ3v) is 4.40. The molecule has 1 aromatic heterocycles. The summed E-state index contributed by atoms with van der Waals surface area (Å²) in [7, 11) is 0. The van der Waals surface area contributed by atoms with Gasteiger partial charge in [-0.1, -0.05) is 41.9 Å². The molecule has 0 aliphatic heterocycles. The molecule has 1 heterocycles. The quantitative estimate of drug-likeness (QED) is 0.791. The molecule has 5 nitrogen and oxygen atoms in total. The molecule has 0 saturated heterocycles. The molecule has 0 radical (unpaired) electrons. The fraction of sp³-hybridized carbons (Fsp3) is 0.357. The van der Waals surface area contributed by atoms with Gasteiger partial charge in [-0.15, -0.1) is 10.2 Å². The van der Waals surface area contributed by atoms with Crippen LogP contribution in [0.25, 0.3) is 0 Å². The lowest BCUT2D eigenvalue weighted by Crippen LogP contribution is -2.15. The molecule has 2 aromatic rings. The van der Waals surface area contributed by atoms with Gasteiger partial charge in [-0.3, -0.25) is 4.79 Å². The summed E-state index contributed by atoms with van der Waals surface area (Å²) in [5.74, 6) is 0.935. The number of carbonyl (C=O) groups excluding carboxylic acids is 1. The van der Waals surface area contributed by atoms with E-state index in [4.69, 9.17) is 23.2 Å². The normalized spacial score (nSPS) is 10.7. The molecular weight excluding hydrogens is 343 g/mol. The highest BCUT2D eigenvalue weighted by molar-refractivity contribution is 7.99. The van der Waals surface area contributed by atoms with Crippen LogP contribution in [0.5, 0.6) is 0 Å². The first-order chi connectivity index (χ1) is 10.5. The number of hydrogen-bond acceptors (Lipinski definition) is 4. The minimum absolute atomic E-state index is 0.155. The molecule has 0 fully saturated rings. The molecule has 0 bridgehead atoms. The van der Waals surface area contributed by atoms with Gasteiger partial charge in [0.05, 0.1) is 16.5 Å². The fourth-order valence-electron chi connectivity index (χ4n) is 1.86. The second-order valence-corrected chi connectivity index (χ2v) is 6.43. The van der Waals surface area contributed by atoms with Crippen molar-refractivity contribution < 1.29 is 4.79 Å². The van der Waals surface area contributed by atoms with Crippen molar-refractivity contribution in [1.29, 1.82) is 0 Å². The SMILES string of the molecule is CCCn1c(C)nnc1SCC(=O)Nc1ccc(Cl)cc1Cl. The Morgan fingerprint density at radius 3 is 2.82 bits per heavy atom. The van der Waals surface area contributed by atoms with Gasteiger partial charge < -0.3 is 9.88 Å². The van der Waals surface area contributed by atoms with Gasteiger partial charge in [0, 0.05) is 11.6 Å². The summed E-state index contributed by atoms with van der Waals surface area (Å²) in [6.07, 6.45) is 0.985. The van der Waals surface area contributed by atoms with E-state index in [0.717, 1.165) is 23.9 Å². The Labute approximate surface area is 143 Å². The van der Waals surface area contributed by atoms with E-state index >= 15 is 0 Å². The minimum Gasteiger partial charge on any atom is -0.324 e. The second-order valence-electron chi connectivity index (χ2n) is 4.64. The van der Waals surface area contributed by atoms with Gasteiger partial charge in [0.1, 0.15) is 5.82 Å². The first kappa shape index (κ1) is 17.1. The molecule has 2 rings (SSSR count). The van der Waals surface area contributed by atoms with Gasteiger partial charge in [-0.2, -0.15) is 0 Å². The smallest absolute Gasteiger partial charge is 0.234 e. The maximum absolute atomic E-state index is 12.0. The van der Waals surface area contributed by atoms with E-state index in [2.05, 4.69) is 22.4 Å². The fourth-order valence-corrected chi connectivity index (χ4v) is 3.12. The summed E-state index contributed by atoms with van der Waals surface area (Å²) in [5, 5.41) is 12.6. The van der Waals surface area contributed by atoms with Crippen LogP contribution in [0.2, 0.25) is 10.0 Å². The van der Waals surface area contributed by atoms with Crippen molar-refractivity contribution in [3.63, 3.8) is 0 Å². The number of nitrogens with one attached hydrogen (secondary N) is 1. The van der Waals surface area contributed by atoms with Crippen molar-refractivity contribution in [3.05, 3.63) is 34.1 Å². The highest BCUT2D eigenvalue weighted by Crippen LogP contribution is 2.26. The van der Waals surface area contributed by atoms with Crippen molar-refractivity contribution in [3.8, 4) is 0 Å². The summed E-state index contributed by atoms with van der Waals surface area (Å²) in [4.78, 5) is 12.0. The number of carbonyl (C=O) groups is 1. The van der Waals surface area contributed by atoms with Crippen LogP contribution in [0.1, 0.15) is 19.2 Å². The van der Waals surface area contributed by atoms with Gasteiger partial charge in [0.2, 0.25) is 5.91 Å². The Hall–Kier alpha value is -1.24. The zero-order valence-corrected chi connectivity index (χ0v) is 14.6. The number of halogens is 2. The molecular formula is C14H16Cl2N4OS. The summed E-state index contributed by atoms with van der Waals surface area (Å²) in [5.41, 5.74) is 0.544. The molecule has 1 amide bonds. The average Bonchev–Trinajstić information content (AvgIpc) is 2.81. The van der Waals surface area contributed by atoms with Crippen molar-refractivity contribution in [1.82, 2.24) is 14.8 Å². The van der Waals surface area contributed by atoms with Gasteiger partial charge in [0.25, 0.3) is 0 Å². The number of nitrogens with zero attached hydrogens (tertiary/aromatic N) is 3. The second kappa shape index (κ2) is 7.85. The van der Waals surface area contributed by atoms with E-state index in [1.165, 1.54) is 11.8 Å². The molecule has 0 unspecified atom stereocenters. The van der Waals surface area contributed by atoms with Crippen LogP contribution >= 0.6 is 35.0 Å². The van der Waals surface area contributed by atoms with Crippen LogP contribution in [-0.4, -0.2) is 26.4 Å². The molecule has 118 valence electrons. The summed E-state index contributed by atoms with van der Waals surface area (Å²) < 4.78 is 2.01. The molecule has 1 N–H and O–H groups in total. The van der Waals surface area contributed by atoms with E-state index in [0.29, 0.717) is 15.7 Å². The standard InChI is InChI=1S/C14H16Cl2N4OS/c1-3-6-20-9(2)18-19-14(20)22-8-13(21)17-12-5-4-10(15)7-11(12)16/h4-5,7H,3,6,8H2,1-2H3,(H,17,21). The van der Waals surface area contributed by atoms with Crippen molar-refractivity contribution in [2.75, 3.05) is 11.1 Å². The van der Waals surface area contributed by atoms with Crippen LogP contribution in [-0.2, 0) is 11.3 Å². The van der Waals surface area contributed by atoms with Crippen LogP contribution in [0.3, 0.4) is 0 Å². The predicted octanol–water partition coefficient (Wildman–Crippen LogP) is 4.03. The van der Waals surface area contributed by atoms with Gasteiger partial charge in [-0.25, -0.2) is 0 Å². The number of thioether (sulfide) groups is 1. The lowest BCUT2D eigenvalue weighted by atomic mass is 10.3. The zero-order chi connectivity index (χ0) is 16.1. The van der Waals surface area contributed by atoms with Crippen molar-refractivity contribution in [2.24, 2.45) is 0 Å². The maximum atomic E-state index is 12.0. The number of aryl methyl sites for hydroxylation is 1. The minimum atomic E-state index is -0.155. The van der Waals surface area contributed by atoms with E-state index in [1.807, 2.05) is 11.5 Å². The number of amides is 1. The van der Waals surface area contributed by atoms with Crippen molar-refractivity contribution in [2.45, 2.75) is 32.0 Å². The Kier molecular flexibility index (Phi) is 6.11. The van der Waals surface area contributed by atoms with Gasteiger partial charge in [-0.05, 0) is 31.5 Å². The zero-order valence-electron chi connectivity index (χ0n) is 12.3. The van der Waals surface area contributed by atoms with E-state index in [1.54, 1.807) is 18.2 Å². The highest BCUT2D eigenvalue weighted by atomic mass is 35.5. The largest absolute Gasteiger partial charge is 0.324 e. The van der Waals surface area contributed by atoms with Crippen LogP contribution in [0, 0.1) is 6.92 Å². The third kappa shape index (κ3) is 4.38. The van der Waals surface area contributed by atoms with Crippen LogP contribution < -0.4 is 5.32 Å². The molecule has 0 atom stereocenters. The summed E-state index contributed by atoms with van der Waals surface area (Å²) in [6, 6.07) is 4.95. The predicted molar refractivity (Wildman–Crippen MR) is 90.9 cm³/mol. The monoisotopic (exact) mass is 358 g/mol. The van der Waals surface area contributed by atoms with E-state index < -0.39 is 0 Å². The molecule has 8 heteroatoms. The Balaban J connectivity index is 1.95. The number of aromatic nitrogens is 3. The number of hydrogen-bond donors (Lipinski definition) is 1. The first-order valence-corrected chi connectivity index (χ1v) is 8.53. The average molecular weight is 359 g/mol. The third-order valence-electron chi connectivity index (χ3n) is 2.89. The van der Waals surface area contributed by atoms with E-state index in [9.17, 15) is 4.79 Å². The number of benzene rings is 1. The molecule has 0 saturated carbocycles. The number of anilines is 1. The topological polar surface area (TPSA) is 59.8 Å². The van der Waals surface area contributed by atoms with Gasteiger partial charge >= 0.3 is 0 Å². The lowest BCUT2D eigenvalue weighted by molar-refractivity contribution is -0.113. The highest BCUT2D eigenvalue weighted by Gasteiger charge is 2.12. The van der Waals surface area contributed by atoms with Crippen LogP contribution in [0.4, 0.5) is 5.69 Å². The number of rotatable bonds is 6. The Morgan fingerprint density at radius 1 is 1.36 bits per heavy atom. The summed E-state index contributed by atoms with van der Waals surface area (Å²) >= 11 is 13.2. The molecule has 0 aliphatic carbocycles. The lowest BCUT2D eigenvalue weighted by Gasteiger charge is -2.08. The van der Waals surface area contributed by atoms with Crippen LogP contribution in [0.15, 0.2) is 23.4 Å². The van der Waals surface area contributed by atoms with Crippen molar-refractivity contribution >= 4 is 46.6 Å². The Bertz CT molecular complexity index is 675. The molecule has 1 aromatic carbocycles. The molecule has 0 spiro atoms. The first-order valence-electron chi connectivity index (χ1n) is 6.78. The Morgan fingerprint density at radius 2 is 2.14 bits per heavy atom. The van der Waals surface area contributed by atoms with Gasteiger partial charge in [0.15, 0.2) is 5.16 Å². The maximum Gasteiger partial charge on any atom is 0.234 e. The molecule has 22 heavy (non-hydrogen) atoms. The molecule has 0 aliphatic rings. The van der Waals surface area contributed by atoms with E-state index in [-0.39, 0.29) is 11.7 Å². The summed E-state index contributed by atoms with van der Waals surface area (Å²) in [6.45, 7) is 4.83.